The van der Waals surface area contributed by atoms with Crippen molar-refractivity contribution < 1.29 is 19.5 Å². The molecule has 25 heavy (non-hydrogen) atoms. The lowest BCUT2D eigenvalue weighted by Crippen LogP contribution is -2.47. The van der Waals surface area contributed by atoms with Crippen LogP contribution in [-0.2, 0) is 14.4 Å². The van der Waals surface area contributed by atoms with Crippen molar-refractivity contribution in [3.63, 3.8) is 0 Å². The predicted octanol–water partition coefficient (Wildman–Crippen LogP) is 1.83. The third kappa shape index (κ3) is 5.43. The molecule has 9 heteroatoms. The summed E-state index contributed by atoms with van der Waals surface area (Å²) in [5.41, 5.74) is 0.879. The third-order valence-electron chi connectivity index (χ3n) is 3.47. The molecule has 2 amide bonds. The number of nitrogens with zero attached hydrogens (tertiary/aromatic N) is 2. The average molecular weight is 381 g/mol. The van der Waals surface area contributed by atoms with Gasteiger partial charge in [-0.15, -0.1) is 11.3 Å². The number of aliphatic carboxylic acids is 1. The van der Waals surface area contributed by atoms with Gasteiger partial charge in [0.05, 0.1) is 16.0 Å². The molecule has 0 radical (unpaired) electrons. The summed E-state index contributed by atoms with van der Waals surface area (Å²) in [6.45, 7) is 3.18. The second-order valence-corrected chi connectivity index (χ2v) is 7.57. The van der Waals surface area contributed by atoms with Gasteiger partial charge in [-0.25, -0.2) is 9.78 Å². The zero-order valence-corrected chi connectivity index (χ0v) is 15.5. The Morgan fingerprint density at radius 1 is 1.36 bits per heavy atom. The molecular weight excluding hydrogens is 362 g/mol. The van der Waals surface area contributed by atoms with Gasteiger partial charge in [-0.05, 0) is 19.1 Å². The molecular formula is C16H19N3O4S2. The quantitative estimate of drug-likeness (QED) is 0.677. The van der Waals surface area contributed by atoms with Crippen molar-refractivity contribution in [3.8, 4) is 0 Å². The number of amides is 2. The Bertz CT molecular complexity index is 745. The van der Waals surface area contributed by atoms with Crippen LogP contribution in [0.15, 0.2) is 28.6 Å². The van der Waals surface area contributed by atoms with E-state index in [1.54, 1.807) is 0 Å². The first-order valence-corrected chi connectivity index (χ1v) is 9.43. The van der Waals surface area contributed by atoms with Crippen molar-refractivity contribution in [1.82, 2.24) is 15.2 Å². The zero-order valence-electron chi connectivity index (χ0n) is 13.9. The van der Waals surface area contributed by atoms with Crippen molar-refractivity contribution in [2.24, 2.45) is 0 Å². The van der Waals surface area contributed by atoms with E-state index in [9.17, 15) is 19.5 Å². The first kappa shape index (κ1) is 19.2. The Morgan fingerprint density at radius 3 is 2.72 bits per heavy atom. The molecule has 0 saturated carbocycles. The number of carboxylic acid groups (broad SMARTS) is 1. The van der Waals surface area contributed by atoms with Crippen LogP contribution in [0.1, 0.15) is 13.8 Å². The Balaban J connectivity index is 1.99. The van der Waals surface area contributed by atoms with Gasteiger partial charge >= 0.3 is 5.97 Å². The van der Waals surface area contributed by atoms with Crippen LogP contribution in [0.2, 0.25) is 0 Å². The third-order valence-corrected chi connectivity index (χ3v) is 5.63. The van der Waals surface area contributed by atoms with Crippen molar-refractivity contribution in [1.29, 1.82) is 0 Å². The summed E-state index contributed by atoms with van der Waals surface area (Å²) in [5, 5.41) is 11.8. The van der Waals surface area contributed by atoms with Gasteiger partial charge in [0.1, 0.15) is 6.04 Å². The van der Waals surface area contributed by atoms with Crippen LogP contribution >= 0.6 is 23.1 Å². The number of thioether (sulfide) groups is 1. The Hall–Kier alpha value is -2.13. The topological polar surface area (TPSA) is 99.6 Å². The molecule has 0 aliphatic heterocycles. The Kier molecular flexibility index (Phi) is 6.77. The number of carbonyl (C=O) groups excluding carboxylic acids is 2. The minimum atomic E-state index is -1.08. The van der Waals surface area contributed by atoms with Crippen molar-refractivity contribution >= 4 is 51.1 Å². The van der Waals surface area contributed by atoms with Gasteiger partial charge in [0.25, 0.3) is 0 Å². The number of hydrogen-bond acceptors (Lipinski definition) is 6. The normalized spacial score (nSPS) is 11.9. The summed E-state index contributed by atoms with van der Waals surface area (Å²) in [5.74, 6) is -1.51. The van der Waals surface area contributed by atoms with E-state index in [2.05, 4.69) is 10.3 Å². The van der Waals surface area contributed by atoms with Crippen molar-refractivity contribution in [3.05, 3.63) is 24.3 Å². The molecule has 1 heterocycles. The van der Waals surface area contributed by atoms with Gasteiger partial charge in [0, 0.05) is 20.0 Å². The maximum absolute atomic E-state index is 12.5. The van der Waals surface area contributed by atoms with E-state index < -0.39 is 12.0 Å². The highest BCUT2D eigenvalue weighted by Crippen LogP contribution is 2.29. The summed E-state index contributed by atoms with van der Waals surface area (Å²) >= 11 is 2.78. The smallest absolute Gasteiger partial charge is 0.326 e. The molecule has 0 aliphatic carbocycles. The maximum Gasteiger partial charge on any atom is 0.326 e. The molecule has 1 atom stereocenters. The fourth-order valence-corrected chi connectivity index (χ4v) is 4.09. The molecule has 2 N–H and O–H groups in total. The number of para-hydroxylation sites is 1. The number of carbonyl (C=O) groups is 3. The maximum atomic E-state index is 12.5. The molecule has 0 spiro atoms. The van der Waals surface area contributed by atoms with Gasteiger partial charge in [0.15, 0.2) is 4.34 Å². The molecule has 1 aromatic heterocycles. The van der Waals surface area contributed by atoms with E-state index in [0.717, 1.165) is 14.6 Å². The summed E-state index contributed by atoms with van der Waals surface area (Å²) in [4.78, 5) is 40.4. The lowest BCUT2D eigenvalue weighted by molar-refractivity contribution is -0.148. The number of benzene rings is 1. The second kappa shape index (κ2) is 8.82. The molecule has 7 nitrogen and oxygen atoms in total. The SMILES string of the molecule is CC(=O)NCCN(C(=O)CSc1nc2ccccc2s1)C(C)C(=O)O. The van der Waals surface area contributed by atoms with Crippen LogP contribution < -0.4 is 5.32 Å². The minimum Gasteiger partial charge on any atom is -0.480 e. The van der Waals surface area contributed by atoms with Crippen LogP contribution in [0, 0.1) is 0 Å². The Morgan fingerprint density at radius 2 is 2.08 bits per heavy atom. The fourth-order valence-electron chi connectivity index (χ4n) is 2.14. The van der Waals surface area contributed by atoms with Gasteiger partial charge in [0.2, 0.25) is 11.8 Å². The molecule has 0 fully saturated rings. The van der Waals surface area contributed by atoms with Gasteiger partial charge in [-0.3, -0.25) is 9.59 Å². The van der Waals surface area contributed by atoms with Crippen LogP contribution in [0.25, 0.3) is 10.2 Å². The molecule has 134 valence electrons. The predicted molar refractivity (Wildman–Crippen MR) is 97.8 cm³/mol. The van der Waals surface area contributed by atoms with Gasteiger partial charge in [-0.1, -0.05) is 23.9 Å². The molecule has 0 bridgehead atoms. The first-order chi connectivity index (χ1) is 11.9. The number of aromatic nitrogens is 1. The number of thiazole rings is 1. The summed E-state index contributed by atoms with van der Waals surface area (Å²) in [7, 11) is 0. The van der Waals surface area contributed by atoms with E-state index >= 15 is 0 Å². The average Bonchev–Trinajstić information content (AvgIpc) is 2.98. The lowest BCUT2D eigenvalue weighted by atomic mass is 10.3. The Labute approximate surface area is 153 Å². The van der Waals surface area contributed by atoms with Gasteiger partial charge < -0.3 is 15.3 Å². The van der Waals surface area contributed by atoms with Crippen LogP contribution in [-0.4, -0.2) is 57.7 Å². The number of hydrogen-bond donors (Lipinski definition) is 2. The zero-order chi connectivity index (χ0) is 18.4. The highest BCUT2D eigenvalue weighted by atomic mass is 32.2. The van der Waals surface area contributed by atoms with E-state index in [4.69, 9.17) is 0 Å². The molecule has 1 aromatic carbocycles. The first-order valence-electron chi connectivity index (χ1n) is 7.63. The highest BCUT2D eigenvalue weighted by Gasteiger charge is 2.25. The minimum absolute atomic E-state index is 0.0948. The number of fused-ring (bicyclic) bond motifs is 1. The van der Waals surface area contributed by atoms with E-state index in [1.165, 1.54) is 41.8 Å². The summed E-state index contributed by atoms with van der Waals surface area (Å²) < 4.78 is 1.80. The largest absolute Gasteiger partial charge is 0.480 e. The van der Waals surface area contributed by atoms with E-state index in [1.807, 2.05) is 24.3 Å². The van der Waals surface area contributed by atoms with Crippen molar-refractivity contribution in [2.75, 3.05) is 18.8 Å². The van der Waals surface area contributed by atoms with E-state index in [0.29, 0.717) is 0 Å². The lowest BCUT2D eigenvalue weighted by Gasteiger charge is -2.26. The van der Waals surface area contributed by atoms with Crippen LogP contribution in [0.3, 0.4) is 0 Å². The number of nitrogens with one attached hydrogen (secondary N) is 1. The van der Waals surface area contributed by atoms with E-state index in [-0.39, 0.29) is 30.7 Å². The molecule has 0 aliphatic rings. The molecule has 1 unspecified atom stereocenters. The second-order valence-electron chi connectivity index (χ2n) is 5.32. The highest BCUT2D eigenvalue weighted by molar-refractivity contribution is 8.01. The van der Waals surface area contributed by atoms with Crippen LogP contribution in [0.4, 0.5) is 0 Å². The van der Waals surface area contributed by atoms with Gasteiger partial charge in [-0.2, -0.15) is 0 Å². The standard InChI is InChI=1S/C16H19N3O4S2/c1-10(15(22)23)19(8-7-17-11(2)20)14(21)9-24-16-18-12-5-3-4-6-13(12)25-16/h3-6,10H,7-9H2,1-2H3,(H,17,20)(H,22,23). The molecule has 2 aromatic rings. The van der Waals surface area contributed by atoms with Crippen molar-refractivity contribution in [2.45, 2.75) is 24.2 Å². The fraction of sp³-hybridized carbons (Fsp3) is 0.375. The monoisotopic (exact) mass is 381 g/mol. The van der Waals surface area contributed by atoms with Crippen LogP contribution in [0.5, 0.6) is 0 Å². The summed E-state index contributed by atoms with van der Waals surface area (Å²) in [6, 6.07) is 6.74. The summed E-state index contributed by atoms with van der Waals surface area (Å²) in [6.07, 6.45) is 0. The molecule has 2 rings (SSSR count). The number of rotatable bonds is 8. The molecule has 0 saturated heterocycles. The number of carboxylic acids is 1.